The fourth-order valence-corrected chi connectivity index (χ4v) is 2.50. The maximum atomic E-state index is 6.06. The third kappa shape index (κ3) is 4.15. The van der Waals surface area contributed by atoms with E-state index >= 15 is 0 Å². The molecule has 0 N–H and O–H groups in total. The second kappa shape index (κ2) is 6.78. The summed E-state index contributed by atoms with van der Waals surface area (Å²) < 4.78 is 5.67. The van der Waals surface area contributed by atoms with E-state index in [1.807, 2.05) is 12.1 Å². The summed E-state index contributed by atoms with van der Waals surface area (Å²) in [6.45, 7) is 2.60. The van der Waals surface area contributed by atoms with Crippen LogP contribution >= 0.6 is 27.5 Å². The highest BCUT2D eigenvalue weighted by Gasteiger charge is 2.21. The SMILES string of the molecule is CN(CCOCC1CC1)c1cc(Cl)ccc1CBr. The summed E-state index contributed by atoms with van der Waals surface area (Å²) in [4.78, 5) is 2.20. The molecule has 0 radical (unpaired) electrons. The first-order valence-corrected chi connectivity index (χ1v) is 7.84. The first kappa shape index (κ1) is 14.2. The Morgan fingerprint density at radius 1 is 1.44 bits per heavy atom. The minimum atomic E-state index is 0.778. The van der Waals surface area contributed by atoms with Gasteiger partial charge in [-0.25, -0.2) is 0 Å². The van der Waals surface area contributed by atoms with Crippen LogP contribution in [0.25, 0.3) is 0 Å². The van der Waals surface area contributed by atoms with E-state index in [-0.39, 0.29) is 0 Å². The van der Waals surface area contributed by atoms with E-state index in [4.69, 9.17) is 16.3 Å². The van der Waals surface area contributed by atoms with Gasteiger partial charge in [0.05, 0.1) is 6.61 Å². The molecule has 0 heterocycles. The van der Waals surface area contributed by atoms with Crippen LogP contribution in [0.5, 0.6) is 0 Å². The molecule has 0 aromatic heterocycles. The van der Waals surface area contributed by atoms with Gasteiger partial charge in [0.1, 0.15) is 0 Å². The van der Waals surface area contributed by atoms with E-state index in [2.05, 4.69) is 33.9 Å². The molecule has 1 aromatic rings. The molecule has 0 bridgehead atoms. The number of benzene rings is 1. The van der Waals surface area contributed by atoms with Gasteiger partial charge in [-0.1, -0.05) is 33.6 Å². The number of halogens is 2. The van der Waals surface area contributed by atoms with E-state index < -0.39 is 0 Å². The van der Waals surface area contributed by atoms with Gasteiger partial charge in [-0.3, -0.25) is 0 Å². The summed E-state index contributed by atoms with van der Waals surface area (Å²) in [5, 5.41) is 1.62. The van der Waals surface area contributed by atoms with Crippen LogP contribution in [0, 0.1) is 5.92 Å². The van der Waals surface area contributed by atoms with Gasteiger partial charge in [-0.05, 0) is 36.5 Å². The zero-order valence-electron chi connectivity index (χ0n) is 10.7. The monoisotopic (exact) mass is 331 g/mol. The van der Waals surface area contributed by atoms with Gasteiger partial charge in [0.2, 0.25) is 0 Å². The molecule has 100 valence electrons. The number of hydrogen-bond donors (Lipinski definition) is 0. The van der Waals surface area contributed by atoms with Crippen LogP contribution in [-0.4, -0.2) is 26.8 Å². The van der Waals surface area contributed by atoms with Crippen molar-refractivity contribution in [2.24, 2.45) is 5.92 Å². The Kier molecular flexibility index (Phi) is 5.34. The number of nitrogens with zero attached hydrogens (tertiary/aromatic N) is 1. The van der Waals surface area contributed by atoms with Crippen molar-refractivity contribution in [2.75, 3.05) is 31.7 Å². The fraction of sp³-hybridized carbons (Fsp3) is 0.571. The Balaban J connectivity index is 1.85. The smallest absolute Gasteiger partial charge is 0.0641 e. The molecule has 1 fully saturated rings. The molecule has 1 aliphatic rings. The molecule has 0 spiro atoms. The Labute approximate surface area is 122 Å². The summed E-state index contributed by atoms with van der Waals surface area (Å²) in [5.74, 6) is 0.833. The largest absolute Gasteiger partial charge is 0.379 e. The second-order valence-electron chi connectivity index (χ2n) is 4.85. The number of anilines is 1. The molecule has 0 unspecified atom stereocenters. The summed E-state index contributed by atoms with van der Waals surface area (Å²) >= 11 is 9.57. The fourth-order valence-electron chi connectivity index (χ4n) is 1.86. The molecule has 1 aliphatic carbocycles. The standard InChI is InChI=1S/C14H19BrClNO/c1-17(6-7-18-10-11-2-3-11)14-8-13(16)5-4-12(14)9-15/h4-5,8,11H,2-3,6-7,9-10H2,1H3. The number of ether oxygens (including phenoxy) is 1. The third-order valence-electron chi connectivity index (χ3n) is 3.22. The van der Waals surface area contributed by atoms with Crippen LogP contribution in [0.4, 0.5) is 5.69 Å². The first-order chi connectivity index (χ1) is 8.70. The van der Waals surface area contributed by atoms with Gasteiger partial charge in [0, 0.05) is 36.2 Å². The topological polar surface area (TPSA) is 12.5 Å². The van der Waals surface area contributed by atoms with Crippen molar-refractivity contribution < 1.29 is 4.74 Å². The van der Waals surface area contributed by atoms with E-state index in [1.165, 1.54) is 24.1 Å². The Bertz CT molecular complexity index is 395. The zero-order chi connectivity index (χ0) is 13.0. The van der Waals surface area contributed by atoms with Crippen molar-refractivity contribution >= 4 is 33.2 Å². The molecular formula is C14H19BrClNO. The highest BCUT2D eigenvalue weighted by molar-refractivity contribution is 9.08. The Hall–Kier alpha value is -0.250. The lowest BCUT2D eigenvalue weighted by Crippen LogP contribution is -2.23. The predicted octanol–water partition coefficient (Wildman–Crippen LogP) is 4.10. The third-order valence-corrected chi connectivity index (χ3v) is 4.06. The maximum Gasteiger partial charge on any atom is 0.0641 e. The number of alkyl halides is 1. The summed E-state index contributed by atoms with van der Waals surface area (Å²) in [6, 6.07) is 6.01. The van der Waals surface area contributed by atoms with Crippen LogP contribution in [0.3, 0.4) is 0 Å². The van der Waals surface area contributed by atoms with Crippen molar-refractivity contribution in [1.29, 1.82) is 0 Å². The molecule has 2 nitrogen and oxygen atoms in total. The van der Waals surface area contributed by atoms with E-state index in [0.717, 1.165) is 36.0 Å². The lowest BCUT2D eigenvalue weighted by atomic mass is 10.2. The number of hydrogen-bond acceptors (Lipinski definition) is 2. The van der Waals surface area contributed by atoms with Crippen LogP contribution in [-0.2, 0) is 10.1 Å². The van der Waals surface area contributed by atoms with Crippen molar-refractivity contribution in [3.05, 3.63) is 28.8 Å². The number of likely N-dealkylation sites (N-methyl/N-ethyl adjacent to an activating group) is 1. The molecule has 1 saturated carbocycles. The predicted molar refractivity (Wildman–Crippen MR) is 80.9 cm³/mol. The van der Waals surface area contributed by atoms with Crippen LogP contribution in [0.2, 0.25) is 5.02 Å². The molecule has 0 saturated heterocycles. The van der Waals surface area contributed by atoms with E-state index in [1.54, 1.807) is 0 Å². The molecule has 0 amide bonds. The maximum absolute atomic E-state index is 6.06. The van der Waals surface area contributed by atoms with Gasteiger partial charge in [0.25, 0.3) is 0 Å². The molecule has 0 aliphatic heterocycles. The van der Waals surface area contributed by atoms with Crippen LogP contribution in [0.1, 0.15) is 18.4 Å². The minimum absolute atomic E-state index is 0.778. The second-order valence-corrected chi connectivity index (χ2v) is 5.84. The molecule has 1 aromatic carbocycles. The van der Waals surface area contributed by atoms with Gasteiger partial charge in [0.15, 0.2) is 0 Å². The average Bonchev–Trinajstić information content (AvgIpc) is 3.18. The molecule has 0 atom stereocenters. The van der Waals surface area contributed by atoms with Gasteiger partial charge in [-0.2, -0.15) is 0 Å². The molecule has 18 heavy (non-hydrogen) atoms. The quantitative estimate of drug-likeness (QED) is 0.550. The van der Waals surface area contributed by atoms with Crippen molar-refractivity contribution in [2.45, 2.75) is 18.2 Å². The summed E-state index contributed by atoms with van der Waals surface area (Å²) in [6.07, 6.45) is 2.69. The lowest BCUT2D eigenvalue weighted by Gasteiger charge is -2.22. The van der Waals surface area contributed by atoms with Gasteiger partial charge >= 0.3 is 0 Å². The molecule has 2 rings (SSSR count). The van der Waals surface area contributed by atoms with Gasteiger partial charge < -0.3 is 9.64 Å². The van der Waals surface area contributed by atoms with Crippen LogP contribution in [0.15, 0.2) is 18.2 Å². The highest BCUT2D eigenvalue weighted by Crippen LogP contribution is 2.29. The van der Waals surface area contributed by atoms with Crippen molar-refractivity contribution in [1.82, 2.24) is 0 Å². The first-order valence-electron chi connectivity index (χ1n) is 6.34. The van der Waals surface area contributed by atoms with E-state index in [9.17, 15) is 0 Å². The molecular weight excluding hydrogens is 314 g/mol. The normalized spacial score (nSPS) is 14.8. The average molecular weight is 333 g/mol. The van der Waals surface area contributed by atoms with Crippen molar-refractivity contribution in [3.63, 3.8) is 0 Å². The summed E-state index contributed by atoms with van der Waals surface area (Å²) in [5.41, 5.74) is 2.43. The molecule has 4 heteroatoms. The minimum Gasteiger partial charge on any atom is -0.379 e. The lowest BCUT2D eigenvalue weighted by molar-refractivity contribution is 0.131. The Morgan fingerprint density at radius 3 is 2.89 bits per heavy atom. The highest BCUT2D eigenvalue weighted by atomic mass is 79.9. The zero-order valence-corrected chi connectivity index (χ0v) is 13.0. The van der Waals surface area contributed by atoms with Gasteiger partial charge in [-0.15, -0.1) is 0 Å². The Morgan fingerprint density at radius 2 is 2.22 bits per heavy atom. The van der Waals surface area contributed by atoms with Crippen molar-refractivity contribution in [3.8, 4) is 0 Å². The number of rotatable bonds is 7. The van der Waals surface area contributed by atoms with Crippen LogP contribution < -0.4 is 4.90 Å². The van der Waals surface area contributed by atoms with E-state index in [0.29, 0.717) is 0 Å². The summed E-state index contributed by atoms with van der Waals surface area (Å²) in [7, 11) is 2.08.